The van der Waals surface area contributed by atoms with E-state index in [2.05, 4.69) is 12.2 Å². The number of ether oxygens (including phenoxy) is 1. The van der Waals surface area contributed by atoms with Gasteiger partial charge < -0.3 is 20.1 Å². The van der Waals surface area contributed by atoms with Crippen LogP contribution in [-0.4, -0.2) is 35.5 Å². The number of rotatable bonds is 7. The number of hydrogen-bond acceptors (Lipinski definition) is 4. The fourth-order valence-corrected chi connectivity index (χ4v) is 3.64. The average Bonchev–Trinajstić information content (AvgIpc) is 3.04. The number of phenols is 1. The molecule has 1 fully saturated rings. The fraction of sp³-hybridized carbons (Fsp3) is 0.364. The van der Waals surface area contributed by atoms with E-state index in [-0.39, 0.29) is 30.0 Å². The highest BCUT2D eigenvalue weighted by Crippen LogP contribution is 2.40. The van der Waals surface area contributed by atoms with Crippen molar-refractivity contribution in [3.05, 3.63) is 54.1 Å². The number of hydrogen-bond donors (Lipinski definition) is 2. The standard InChI is InChI=1S/C22H26N2O4/c1-3-4-13-24-20(26)14-17(21(24)15-9-11-16(28-2)12-10-15)22(27)23-18-7-5-6-8-19(18)25/h5-12,17,21,25H,3-4,13-14H2,1-2H3,(H,23,27)/t17-,21-/m0/s1. The zero-order valence-electron chi connectivity index (χ0n) is 16.2. The first kappa shape index (κ1) is 19.7. The number of para-hydroxylation sites is 2. The number of methoxy groups -OCH3 is 1. The van der Waals surface area contributed by atoms with E-state index >= 15 is 0 Å². The summed E-state index contributed by atoms with van der Waals surface area (Å²) in [7, 11) is 1.60. The van der Waals surface area contributed by atoms with E-state index in [1.54, 1.807) is 30.2 Å². The maximum atomic E-state index is 13.0. The summed E-state index contributed by atoms with van der Waals surface area (Å²) in [5.41, 5.74) is 1.25. The summed E-state index contributed by atoms with van der Waals surface area (Å²) in [6, 6.07) is 13.7. The first-order valence-electron chi connectivity index (χ1n) is 9.57. The summed E-state index contributed by atoms with van der Waals surface area (Å²) in [6.07, 6.45) is 2.00. The summed E-state index contributed by atoms with van der Waals surface area (Å²) in [6.45, 7) is 2.69. The van der Waals surface area contributed by atoms with Crippen LogP contribution in [0.1, 0.15) is 37.8 Å². The third-order valence-corrected chi connectivity index (χ3v) is 5.14. The molecule has 6 nitrogen and oxygen atoms in total. The number of phenolic OH excluding ortho intramolecular Hbond substituents is 1. The molecule has 0 bridgehead atoms. The van der Waals surface area contributed by atoms with E-state index in [1.165, 1.54) is 6.07 Å². The van der Waals surface area contributed by atoms with Crippen molar-refractivity contribution in [2.75, 3.05) is 19.0 Å². The number of likely N-dealkylation sites (tertiary alicyclic amines) is 1. The van der Waals surface area contributed by atoms with E-state index in [0.717, 1.165) is 24.2 Å². The molecular formula is C22H26N2O4. The Bertz CT molecular complexity index is 835. The van der Waals surface area contributed by atoms with Crippen molar-refractivity contribution < 1.29 is 19.4 Å². The molecule has 1 aliphatic heterocycles. The highest BCUT2D eigenvalue weighted by Gasteiger charge is 2.44. The molecule has 2 aromatic carbocycles. The van der Waals surface area contributed by atoms with Crippen LogP contribution in [0.5, 0.6) is 11.5 Å². The highest BCUT2D eigenvalue weighted by molar-refractivity contribution is 5.98. The van der Waals surface area contributed by atoms with Crippen LogP contribution < -0.4 is 10.1 Å². The van der Waals surface area contributed by atoms with Gasteiger partial charge in [0.25, 0.3) is 0 Å². The van der Waals surface area contributed by atoms with Crippen LogP contribution in [0.3, 0.4) is 0 Å². The van der Waals surface area contributed by atoms with Gasteiger partial charge in [-0.2, -0.15) is 0 Å². The smallest absolute Gasteiger partial charge is 0.230 e. The number of carbonyl (C=O) groups excluding carboxylic acids is 2. The normalized spacial score (nSPS) is 18.9. The molecule has 2 N–H and O–H groups in total. The van der Waals surface area contributed by atoms with Crippen molar-refractivity contribution in [1.29, 1.82) is 0 Å². The van der Waals surface area contributed by atoms with Gasteiger partial charge in [-0.15, -0.1) is 0 Å². The van der Waals surface area contributed by atoms with Crippen LogP contribution in [0, 0.1) is 5.92 Å². The van der Waals surface area contributed by atoms with Gasteiger partial charge in [0.15, 0.2) is 0 Å². The topological polar surface area (TPSA) is 78.9 Å². The van der Waals surface area contributed by atoms with Crippen LogP contribution in [0.25, 0.3) is 0 Å². The molecule has 0 spiro atoms. The third-order valence-electron chi connectivity index (χ3n) is 5.14. The largest absolute Gasteiger partial charge is 0.506 e. The second kappa shape index (κ2) is 8.78. The minimum Gasteiger partial charge on any atom is -0.506 e. The Hall–Kier alpha value is -3.02. The zero-order chi connectivity index (χ0) is 20.1. The quantitative estimate of drug-likeness (QED) is 0.715. The number of aromatic hydroxyl groups is 1. The molecule has 1 saturated heterocycles. The van der Waals surface area contributed by atoms with E-state index in [1.807, 2.05) is 24.3 Å². The Morgan fingerprint density at radius 1 is 1.21 bits per heavy atom. The predicted molar refractivity (Wildman–Crippen MR) is 107 cm³/mol. The highest BCUT2D eigenvalue weighted by atomic mass is 16.5. The second-order valence-corrected chi connectivity index (χ2v) is 6.98. The number of nitrogens with zero attached hydrogens (tertiary/aromatic N) is 1. The van der Waals surface area contributed by atoms with Crippen molar-refractivity contribution in [1.82, 2.24) is 4.90 Å². The third kappa shape index (κ3) is 4.11. The van der Waals surface area contributed by atoms with Crippen molar-refractivity contribution >= 4 is 17.5 Å². The van der Waals surface area contributed by atoms with Gasteiger partial charge in [0.1, 0.15) is 11.5 Å². The van der Waals surface area contributed by atoms with Crippen LogP contribution in [0.2, 0.25) is 0 Å². The second-order valence-electron chi connectivity index (χ2n) is 6.98. The zero-order valence-corrected chi connectivity index (χ0v) is 16.2. The first-order valence-corrected chi connectivity index (χ1v) is 9.57. The van der Waals surface area contributed by atoms with Crippen LogP contribution in [0.4, 0.5) is 5.69 Å². The molecular weight excluding hydrogens is 356 g/mol. The molecule has 0 aliphatic carbocycles. The number of anilines is 1. The summed E-state index contributed by atoms with van der Waals surface area (Å²) >= 11 is 0. The van der Waals surface area contributed by atoms with Crippen molar-refractivity contribution in [3.63, 3.8) is 0 Å². The van der Waals surface area contributed by atoms with E-state index in [4.69, 9.17) is 4.74 Å². The maximum Gasteiger partial charge on any atom is 0.230 e. The Labute approximate surface area is 165 Å². The Morgan fingerprint density at radius 2 is 1.93 bits per heavy atom. The molecule has 28 heavy (non-hydrogen) atoms. The number of carbonyl (C=O) groups is 2. The number of amides is 2. The molecule has 148 valence electrons. The van der Waals surface area contributed by atoms with Gasteiger partial charge in [0.05, 0.1) is 24.8 Å². The van der Waals surface area contributed by atoms with Crippen molar-refractivity contribution in [2.24, 2.45) is 5.92 Å². The van der Waals surface area contributed by atoms with Gasteiger partial charge in [0, 0.05) is 13.0 Å². The molecule has 0 saturated carbocycles. The van der Waals surface area contributed by atoms with E-state index < -0.39 is 5.92 Å². The molecule has 0 aromatic heterocycles. The molecule has 1 heterocycles. The fourth-order valence-electron chi connectivity index (χ4n) is 3.64. The molecule has 2 amide bonds. The molecule has 2 aromatic rings. The summed E-state index contributed by atoms with van der Waals surface area (Å²) in [4.78, 5) is 27.5. The SMILES string of the molecule is CCCCN1C(=O)C[C@H](C(=O)Nc2ccccc2O)[C@@H]1c1ccc(OC)cc1. The van der Waals surface area contributed by atoms with Crippen LogP contribution in [-0.2, 0) is 9.59 Å². The maximum absolute atomic E-state index is 13.0. The summed E-state index contributed by atoms with van der Waals surface area (Å²) < 4.78 is 5.22. The number of nitrogens with one attached hydrogen (secondary N) is 1. The van der Waals surface area contributed by atoms with E-state index in [0.29, 0.717) is 12.2 Å². The molecule has 1 aliphatic rings. The Balaban J connectivity index is 1.89. The van der Waals surface area contributed by atoms with Crippen molar-refractivity contribution in [3.8, 4) is 11.5 Å². The van der Waals surface area contributed by atoms with Gasteiger partial charge in [0.2, 0.25) is 11.8 Å². The Morgan fingerprint density at radius 3 is 2.57 bits per heavy atom. The minimum absolute atomic E-state index is 0.00371. The minimum atomic E-state index is -0.530. The van der Waals surface area contributed by atoms with Gasteiger partial charge >= 0.3 is 0 Å². The molecule has 6 heteroatoms. The Kier molecular flexibility index (Phi) is 6.19. The molecule has 0 radical (unpaired) electrons. The number of benzene rings is 2. The molecule has 2 atom stereocenters. The molecule has 3 rings (SSSR count). The molecule has 0 unspecified atom stereocenters. The van der Waals surface area contributed by atoms with Crippen molar-refractivity contribution in [2.45, 2.75) is 32.2 Å². The van der Waals surface area contributed by atoms with Gasteiger partial charge in [-0.25, -0.2) is 0 Å². The van der Waals surface area contributed by atoms with Crippen LogP contribution in [0.15, 0.2) is 48.5 Å². The lowest BCUT2D eigenvalue weighted by atomic mass is 9.92. The van der Waals surface area contributed by atoms with E-state index in [9.17, 15) is 14.7 Å². The average molecular weight is 382 g/mol. The van der Waals surface area contributed by atoms with Crippen LogP contribution >= 0.6 is 0 Å². The van der Waals surface area contributed by atoms with Gasteiger partial charge in [-0.05, 0) is 36.2 Å². The van der Waals surface area contributed by atoms with Gasteiger partial charge in [-0.1, -0.05) is 37.6 Å². The summed E-state index contributed by atoms with van der Waals surface area (Å²) in [5, 5.41) is 12.7. The lowest BCUT2D eigenvalue weighted by Gasteiger charge is -2.28. The first-order chi connectivity index (χ1) is 13.5. The summed E-state index contributed by atoms with van der Waals surface area (Å²) in [5.74, 6) is -0.0915. The van der Waals surface area contributed by atoms with Gasteiger partial charge in [-0.3, -0.25) is 9.59 Å². The monoisotopic (exact) mass is 382 g/mol. The lowest BCUT2D eigenvalue weighted by molar-refractivity contribution is -0.129. The number of unbranched alkanes of at least 4 members (excludes halogenated alkanes) is 1. The lowest BCUT2D eigenvalue weighted by Crippen LogP contribution is -2.33. The predicted octanol–water partition coefficient (Wildman–Crippen LogP) is 3.73.